The first-order valence-corrected chi connectivity index (χ1v) is 8.97. The van der Waals surface area contributed by atoms with Crippen LogP contribution in [-0.4, -0.2) is 44.7 Å². The van der Waals surface area contributed by atoms with Gasteiger partial charge in [0.1, 0.15) is 5.75 Å². The van der Waals surface area contributed by atoms with Gasteiger partial charge in [0.25, 0.3) is 0 Å². The van der Waals surface area contributed by atoms with E-state index in [9.17, 15) is 4.79 Å². The first-order chi connectivity index (χ1) is 12.5. The maximum atomic E-state index is 12.3. The summed E-state index contributed by atoms with van der Waals surface area (Å²) in [5.74, 6) is 0.816. The Balaban J connectivity index is 1.81. The minimum absolute atomic E-state index is 0.0684. The van der Waals surface area contributed by atoms with Crippen molar-refractivity contribution in [2.24, 2.45) is 0 Å². The first-order valence-electron chi connectivity index (χ1n) is 8.97. The highest BCUT2D eigenvalue weighted by Gasteiger charge is 2.10. The number of ether oxygens (including phenoxy) is 1. The standard InChI is InChI=1S/C21H29N3O2/c1-5-24(19-8-6-7-17(2)15-19)14-13-22-21(25)23(3)16-18-9-11-20(26-4)12-10-18/h6-12,15H,5,13-14,16H2,1-4H3,(H,22,25). The summed E-state index contributed by atoms with van der Waals surface area (Å²) in [6.45, 7) is 7.06. The summed E-state index contributed by atoms with van der Waals surface area (Å²) in [6.07, 6.45) is 0. The zero-order valence-corrected chi connectivity index (χ0v) is 16.2. The molecule has 0 radical (unpaired) electrons. The summed E-state index contributed by atoms with van der Waals surface area (Å²) in [5, 5.41) is 3.00. The lowest BCUT2D eigenvalue weighted by atomic mass is 10.2. The van der Waals surface area contributed by atoms with Crippen LogP contribution in [0.4, 0.5) is 10.5 Å². The Morgan fingerprint density at radius 1 is 1.15 bits per heavy atom. The second-order valence-corrected chi connectivity index (χ2v) is 6.35. The van der Waals surface area contributed by atoms with Crippen molar-refractivity contribution in [2.75, 3.05) is 38.7 Å². The van der Waals surface area contributed by atoms with Crippen molar-refractivity contribution in [1.29, 1.82) is 0 Å². The number of likely N-dealkylation sites (N-methyl/N-ethyl adjacent to an activating group) is 1. The van der Waals surface area contributed by atoms with Crippen LogP contribution >= 0.6 is 0 Å². The molecule has 0 heterocycles. The molecule has 0 unspecified atom stereocenters. The fraction of sp³-hybridized carbons (Fsp3) is 0.381. The fourth-order valence-electron chi connectivity index (χ4n) is 2.80. The third-order valence-electron chi connectivity index (χ3n) is 4.33. The van der Waals surface area contributed by atoms with Crippen LogP contribution < -0.4 is 15.0 Å². The SMILES string of the molecule is CCN(CCNC(=O)N(C)Cc1ccc(OC)cc1)c1cccc(C)c1. The molecule has 5 nitrogen and oxygen atoms in total. The molecule has 0 aliphatic rings. The van der Waals surface area contributed by atoms with Gasteiger partial charge in [-0.2, -0.15) is 0 Å². The number of carbonyl (C=O) groups is 1. The van der Waals surface area contributed by atoms with Crippen molar-refractivity contribution >= 4 is 11.7 Å². The molecule has 0 saturated heterocycles. The number of carbonyl (C=O) groups excluding carboxylic acids is 1. The molecule has 0 spiro atoms. The number of urea groups is 1. The van der Waals surface area contributed by atoms with Crippen LogP contribution in [0.1, 0.15) is 18.1 Å². The molecular formula is C21H29N3O2. The van der Waals surface area contributed by atoms with Gasteiger partial charge in [-0.1, -0.05) is 24.3 Å². The molecule has 0 aromatic heterocycles. The number of nitrogens with one attached hydrogen (secondary N) is 1. The highest BCUT2D eigenvalue weighted by Crippen LogP contribution is 2.15. The molecule has 0 fully saturated rings. The Labute approximate surface area is 156 Å². The van der Waals surface area contributed by atoms with Gasteiger partial charge in [-0.25, -0.2) is 4.79 Å². The predicted octanol–water partition coefficient (Wildman–Crippen LogP) is 3.67. The van der Waals surface area contributed by atoms with Gasteiger partial charge < -0.3 is 19.9 Å². The molecule has 0 aliphatic heterocycles. The molecule has 5 heteroatoms. The highest BCUT2D eigenvalue weighted by atomic mass is 16.5. The number of aryl methyl sites for hydroxylation is 1. The molecule has 2 amide bonds. The second kappa shape index (κ2) is 9.70. The number of hydrogen-bond acceptors (Lipinski definition) is 3. The lowest BCUT2D eigenvalue weighted by Gasteiger charge is -2.25. The van der Waals surface area contributed by atoms with E-state index < -0.39 is 0 Å². The van der Waals surface area contributed by atoms with Crippen LogP contribution in [0.25, 0.3) is 0 Å². The van der Waals surface area contributed by atoms with Gasteiger partial charge in [-0.3, -0.25) is 0 Å². The van der Waals surface area contributed by atoms with Gasteiger partial charge in [-0.05, 0) is 49.2 Å². The molecule has 0 atom stereocenters. The quantitative estimate of drug-likeness (QED) is 0.786. The molecule has 1 N–H and O–H groups in total. The number of methoxy groups -OCH3 is 1. The molecular weight excluding hydrogens is 326 g/mol. The minimum Gasteiger partial charge on any atom is -0.497 e. The Hall–Kier alpha value is -2.69. The van der Waals surface area contributed by atoms with Crippen LogP contribution in [0.15, 0.2) is 48.5 Å². The number of hydrogen-bond donors (Lipinski definition) is 1. The number of benzene rings is 2. The van der Waals surface area contributed by atoms with E-state index in [2.05, 4.69) is 48.3 Å². The van der Waals surface area contributed by atoms with E-state index in [1.54, 1.807) is 19.1 Å². The molecule has 0 bridgehead atoms. The van der Waals surface area contributed by atoms with Crippen molar-refractivity contribution in [2.45, 2.75) is 20.4 Å². The lowest BCUT2D eigenvalue weighted by Crippen LogP contribution is -2.41. The van der Waals surface area contributed by atoms with Gasteiger partial charge in [0.2, 0.25) is 0 Å². The molecule has 2 rings (SSSR count). The number of anilines is 1. The average molecular weight is 355 g/mol. The van der Waals surface area contributed by atoms with Gasteiger partial charge in [0.05, 0.1) is 7.11 Å². The van der Waals surface area contributed by atoms with E-state index >= 15 is 0 Å². The second-order valence-electron chi connectivity index (χ2n) is 6.35. The molecule has 0 aliphatic carbocycles. The first kappa shape index (κ1) is 19.6. The Morgan fingerprint density at radius 3 is 2.50 bits per heavy atom. The topological polar surface area (TPSA) is 44.8 Å². The number of nitrogens with zero attached hydrogens (tertiary/aromatic N) is 2. The molecule has 26 heavy (non-hydrogen) atoms. The van der Waals surface area contributed by atoms with E-state index in [0.29, 0.717) is 13.1 Å². The summed E-state index contributed by atoms with van der Waals surface area (Å²) >= 11 is 0. The van der Waals surface area contributed by atoms with Crippen LogP contribution in [0.5, 0.6) is 5.75 Å². The van der Waals surface area contributed by atoms with E-state index in [0.717, 1.165) is 24.4 Å². The third kappa shape index (κ3) is 5.69. The van der Waals surface area contributed by atoms with Crippen molar-refractivity contribution in [3.63, 3.8) is 0 Å². The zero-order valence-electron chi connectivity index (χ0n) is 16.2. The summed E-state index contributed by atoms with van der Waals surface area (Å²) in [4.78, 5) is 16.2. The van der Waals surface area contributed by atoms with E-state index in [1.165, 1.54) is 11.3 Å². The number of amides is 2. The monoisotopic (exact) mass is 355 g/mol. The molecule has 2 aromatic carbocycles. The maximum Gasteiger partial charge on any atom is 0.317 e. The van der Waals surface area contributed by atoms with Crippen molar-refractivity contribution in [3.8, 4) is 5.75 Å². The van der Waals surface area contributed by atoms with Crippen molar-refractivity contribution < 1.29 is 9.53 Å². The van der Waals surface area contributed by atoms with E-state index in [-0.39, 0.29) is 6.03 Å². The van der Waals surface area contributed by atoms with Crippen LogP contribution in [0.2, 0.25) is 0 Å². The van der Waals surface area contributed by atoms with E-state index in [4.69, 9.17) is 4.74 Å². The van der Waals surface area contributed by atoms with Crippen LogP contribution in [0, 0.1) is 6.92 Å². The lowest BCUT2D eigenvalue weighted by molar-refractivity contribution is 0.207. The zero-order chi connectivity index (χ0) is 18.9. The third-order valence-corrected chi connectivity index (χ3v) is 4.33. The normalized spacial score (nSPS) is 10.3. The molecule has 140 valence electrons. The van der Waals surface area contributed by atoms with Gasteiger partial charge in [0.15, 0.2) is 0 Å². The van der Waals surface area contributed by atoms with Gasteiger partial charge in [-0.15, -0.1) is 0 Å². The Kier molecular flexibility index (Phi) is 7.33. The highest BCUT2D eigenvalue weighted by molar-refractivity contribution is 5.73. The van der Waals surface area contributed by atoms with Crippen molar-refractivity contribution in [3.05, 3.63) is 59.7 Å². The molecule has 0 saturated carbocycles. The van der Waals surface area contributed by atoms with Crippen molar-refractivity contribution in [1.82, 2.24) is 10.2 Å². The van der Waals surface area contributed by atoms with Gasteiger partial charge >= 0.3 is 6.03 Å². The van der Waals surface area contributed by atoms with Crippen LogP contribution in [0.3, 0.4) is 0 Å². The van der Waals surface area contributed by atoms with E-state index in [1.807, 2.05) is 24.3 Å². The summed E-state index contributed by atoms with van der Waals surface area (Å²) in [7, 11) is 3.45. The maximum absolute atomic E-state index is 12.3. The average Bonchev–Trinajstić information content (AvgIpc) is 2.65. The largest absolute Gasteiger partial charge is 0.497 e. The summed E-state index contributed by atoms with van der Waals surface area (Å²) < 4.78 is 5.15. The summed E-state index contributed by atoms with van der Waals surface area (Å²) in [6, 6.07) is 16.1. The Morgan fingerprint density at radius 2 is 1.88 bits per heavy atom. The fourth-order valence-corrected chi connectivity index (χ4v) is 2.80. The number of rotatable bonds is 8. The minimum atomic E-state index is -0.0684. The Bertz CT molecular complexity index is 701. The molecule has 2 aromatic rings. The summed E-state index contributed by atoms with van der Waals surface area (Å²) in [5.41, 5.74) is 3.50. The van der Waals surface area contributed by atoms with Gasteiger partial charge in [0, 0.05) is 38.9 Å². The van der Waals surface area contributed by atoms with Crippen LogP contribution in [-0.2, 0) is 6.54 Å². The predicted molar refractivity (Wildman–Crippen MR) is 107 cm³/mol. The smallest absolute Gasteiger partial charge is 0.317 e.